The summed E-state index contributed by atoms with van der Waals surface area (Å²) < 4.78 is 10.0. The van der Waals surface area contributed by atoms with Crippen molar-refractivity contribution in [1.29, 1.82) is 0 Å². The Bertz CT molecular complexity index is 1180. The predicted molar refractivity (Wildman–Crippen MR) is 121 cm³/mol. The van der Waals surface area contributed by atoms with E-state index in [1.807, 2.05) is 62.4 Å². The fourth-order valence-electron chi connectivity index (χ4n) is 4.07. The lowest BCUT2D eigenvalue weighted by Crippen LogP contribution is -2.42. The van der Waals surface area contributed by atoms with Crippen molar-refractivity contribution in [2.45, 2.75) is 32.2 Å². The van der Waals surface area contributed by atoms with Gasteiger partial charge in [-0.1, -0.05) is 62.4 Å². The number of carbonyl (C=O) groups is 3. The number of fused-ring (bicyclic) bond motifs is 3. The molecule has 2 amide bonds. The van der Waals surface area contributed by atoms with Crippen LogP contribution in [0, 0.1) is 5.92 Å². The Morgan fingerprint density at radius 1 is 1.03 bits per heavy atom. The normalized spacial score (nSPS) is 13.1. The highest BCUT2D eigenvalue weighted by Crippen LogP contribution is 2.44. The first-order valence-corrected chi connectivity index (χ1v) is 10.8. The second kappa shape index (κ2) is 9.74. The Labute approximate surface area is 195 Å². The van der Waals surface area contributed by atoms with Gasteiger partial charge >= 0.3 is 12.1 Å². The summed E-state index contributed by atoms with van der Waals surface area (Å²) >= 11 is 0. The summed E-state index contributed by atoms with van der Waals surface area (Å²) in [5.74, 6) is -2.37. The number of nitrogens with one attached hydrogen (secondary N) is 2. The van der Waals surface area contributed by atoms with Gasteiger partial charge in [-0.25, -0.2) is 14.2 Å². The molecule has 3 N–H and O–H groups in total. The van der Waals surface area contributed by atoms with Crippen LogP contribution in [0.2, 0.25) is 0 Å². The van der Waals surface area contributed by atoms with Gasteiger partial charge in [0.2, 0.25) is 11.5 Å². The molecule has 0 fully saturated rings. The van der Waals surface area contributed by atoms with Crippen molar-refractivity contribution in [2.24, 2.45) is 5.92 Å². The van der Waals surface area contributed by atoms with Crippen molar-refractivity contribution in [3.8, 4) is 11.1 Å². The van der Waals surface area contributed by atoms with Gasteiger partial charge in [-0.05, 0) is 44.9 Å². The van der Waals surface area contributed by atoms with Gasteiger partial charge in [0.1, 0.15) is 12.6 Å². The van der Waals surface area contributed by atoms with Crippen molar-refractivity contribution >= 4 is 23.8 Å². The molecule has 1 aliphatic rings. The van der Waals surface area contributed by atoms with Crippen molar-refractivity contribution in [3.05, 3.63) is 65.4 Å². The number of amides is 2. The van der Waals surface area contributed by atoms with Gasteiger partial charge in [0.15, 0.2) is 0 Å². The minimum Gasteiger partial charge on any atom is -0.480 e. The number of carbonyl (C=O) groups excluding carboxylic acids is 2. The van der Waals surface area contributed by atoms with Crippen LogP contribution in [0.1, 0.15) is 47.8 Å². The molecule has 4 rings (SSSR count). The zero-order valence-corrected chi connectivity index (χ0v) is 18.6. The van der Waals surface area contributed by atoms with E-state index >= 15 is 0 Å². The minimum absolute atomic E-state index is 0.0373. The van der Waals surface area contributed by atoms with Crippen LogP contribution >= 0.6 is 0 Å². The smallest absolute Gasteiger partial charge is 0.412 e. The Morgan fingerprint density at radius 2 is 1.65 bits per heavy atom. The van der Waals surface area contributed by atoms with Crippen LogP contribution in [0.3, 0.4) is 0 Å². The second-order valence-corrected chi connectivity index (χ2v) is 8.41. The first kappa shape index (κ1) is 23.0. The number of aliphatic carboxylic acids is 1. The number of benzene rings is 2. The third-order valence-electron chi connectivity index (χ3n) is 5.58. The highest BCUT2D eigenvalue weighted by Gasteiger charge is 2.30. The molecule has 1 heterocycles. The molecular formula is C24H24N4O6. The molecule has 0 spiro atoms. The van der Waals surface area contributed by atoms with Crippen LogP contribution in [0.15, 0.2) is 53.2 Å². The number of aromatic nitrogens is 2. The van der Waals surface area contributed by atoms with Crippen LogP contribution in [-0.2, 0) is 9.53 Å². The zero-order valence-electron chi connectivity index (χ0n) is 18.6. The number of carboxylic acid groups (broad SMARTS) is 1. The van der Waals surface area contributed by atoms with E-state index in [1.165, 1.54) is 0 Å². The molecule has 0 radical (unpaired) electrons. The number of carboxylic acids is 1. The van der Waals surface area contributed by atoms with Crippen molar-refractivity contribution in [3.63, 3.8) is 0 Å². The summed E-state index contributed by atoms with van der Waals surface area (Å²) in [5.41, 5.74) is 3.97. The highest BCUT2D eigenvalue weighted by molar-refractivity contribution is 6.01. The first-order valence-electron chi connectivity index (χ1n) is 10.8. The van der Waals surface area contributed by atoms with E-state index < -0.39 is 24.0 Å². The SMILES string of the molecule is CC(C)C[C@H](NC(=O)c1nonc1NC(=O)OCC1c2ccccc2-c2ccccc21)C(=O)O. The molecule has 34 heavy (non-hydrogen) atoms. The monoisotopic (exact) mass is 464 g/mol. The molecular weight excluding hydrogens is 440 g/mol. The third kappa shape index (κ3) is 4.75. The molecule has 2 aromatic carbocycles. The maximum Gasteiger partial charge on any atom is 0.412 e. The maximum absolute atomic E-state index is 12.5. The lowest BCUT2D eigenvalue weighted by molar-refractivity contribution is -0.139. The van der Waals surface area contributed by atoms with Crippen LogP contribution in [-0.4, -0.2) is 46.0 Å². The van der Waals surface area contributed by atoms with E-state index in [-0.39, 0.29) is 36.4 Å². The summed E-state index contributed by atoms with van der Waals surface area (Å²) in [5, 5.41) is 21.1. The molecule has 0 aliphatic heterocycles. The lowest BCUT2D eigenvalue weighted by Gasteiger charge is -2.16. The van der Waals surface area contributed by atoms with Crippen molar-refractivity contribution in [2.75, 3.05) is 11.9 Å². The van der Waals surface area contributed by atoms with Crippen molar-refractivity contribution in [1.82, 2.24) is 15.6 Å². The molecule has 1 atom stereocenters. The third-order valence-corrected chi connectivity index (χ3v) is 5.58. The molecule has 1 aliphatic carbocycles. The molecule has 176 valence electrons. The van der Waals surface area contributed by atoms with Crippen molar-refractivity contribution < 1.29 is 28.9 Å². The highest BCUT2D eigenvalue weighted by atomic mass is 16.6. The first-order chi connectivity index (χ1) is 16.3. The van der Waals surface area contributed by atoms with Crippen LogP contribution in [0.25, 0.3) is 11.1 Å². The Morgan fingerprint density at radius 3 is 2.24 bits per heavy atom. The molecule has 0 bridgehead atoms. The van der Waals surface area contributed by atoms with E-state index in [1.54, 1.807) is 0 Å². The van der Waals surface area contributed by atoms with E-state index in [4.69, 9.17) is 4.74 Å². The van der Waals surface area contributed by atoms with Gasteiger partial charge < -0.3 is 15.2 Å². The van der Waals surface area contributed by atoms with Gasteiger partial charge in [0.05, 0.1) is 0 Å². The number of ether oxygens (including phenoxy) is 1. The Balaban J connectivity index is 1.41. The van der Waals surface area contributed by atoms with Gasteiger partial charge in [0, 0.05) is 5.92 Å². The van der Waals surface area contributed by atoms with Gasteiger partial charge in [-0.3, -0.25) is 10.1 Å². The molecule has 0 saturated heterocycles. The van der Waals surface area contributed by atoms with E-state index in [0.717, 1.165) is 22.3 Å². The number of hydrogen-bond acceptors (Lipinski definition) is 7. The fraction of sp³-hybridized carbons (Fsp3) is 0.292. The topological polar surface area (TPSA) is 144 Å². The fourth-order valence-corrected chi connectivity index (χ4v) is 4.07. The molecule has 10 nitrogen and oxygen atoms in total. The van der Waals surface area contributed by atoms with Crippen LogP contribution in [0.4, 0.5) is 10.6 Å². The molecule has 10 heteroatoms. The van der Waals surface area contributed by atoms with Gasteiger partial charge in [0.25, 0.3) is 5.91 Å². The molecule has 3 aromatic rings. The Kier molecular flexibility index (Phi) is 6.58. The molecule has 0 unspecified atom stereocenters. The maximum atomic E-state index is 12.5. The average molecular weight is 464 g/mol. The van der Waals surface area contributed by atoms with E-state index in [2.05, 4.69) is 25.6 Å². The second-order valence-electron chi connectivity index (χ2n) is 8.41. The number of nitrogens with zero attached hydrogens (tertiary/aromatic N) is 2. The largest absolute Gasteiger partial charge is 0.480 e. The van der Waals surface area contributed by atoms with E-state index in [9.17, 15) is 19.5 Å². The van der Waals surface area contributed by atoms with Gasteiger partial charge in [-0.15, -0.1) is 0 Å². The van der Waals surface area contributed by atoms with Crippen LogP contribution in [0.5, 0.6) is 0 Å². The van der Waals surface area contributed by atoms with Crippen LogP contribution < -0.4 is 10.6 Å². The summed E-state index contributed by atoms with van der Waals surface area (Å²) in [7, 11) is 0. The van der Waals surface area contributed by atoms with E-state index in [0.29, 0.717) is 0 Å². The minimum atomic E-state index is -1.18. The molecule has 0 saturated carbocycles. The number of anilines is 1. The summed E-state index contributed by atoms with van der Waals surface area (Å²) in [6, 6.07) is 14.8. The lowest BCUT2D eigenvalue weighted by atomic mass is 9.98. The summed E-state index contributed by atoms with van der Waals surface area (Å²) in [6.45, 7) is 3.75. The quantitative estimate of drug-likeness (QED) is 0.458. The summed E-state index contributed by atoms with van der Waals surface area (Å²) in [6.07, 6.45) is -0.620. The average Bonchev–Trinajstić information content (AvgIpc) is 3.39. The molecule has 1 aromatic heterocycles. The number of hydrogen-bond donors (Lipinski definition) is 3. The number of rotatable bonds is 8. The predicted octanol–water partition coefficient (Wildman–Crippen LogP) is 3.66. The standard InChI is InChI=1S/C24H24N4O6/c1-13(2)11-19(23(30)31)25-22(29)20-21(28-34-27-20)26-24(32)33-12-18-16-9-5-3-7-14(16)15-8-4-6-10-17(15)18/h3-10,13,18-19H,11-12H2,1-2H3,(H,25,29)(H,30,31)(H,26,28,32)/t19-/m0/s1. The van der Waals surface area contributed by atoms with Gasteiger partial charge in [-0.2, -0.15) is 0 Å². The Hall–Kier alpha value is -4.21. The summed E-state index contributed by atoms with van der Waals surface area (Å²) in [4.78, 5) is 36.4. The zero-order chi connectivity index (χ0) is 24.2.